The molecular weight excluding hydrogens is 295 g/mol. The summed E-state index contributed by atoms with van der Waals surface area (Å²) in [6.45, 7) is 4.46. The van der Waals surface area contributed by atoms with Crippen molar-refractivity contribution in [1.82, 2.24) is 4.72 Å². The lowest BCUT2D eigenvalue weighted by atomic mass is 10.0. The van der Waals surface area contributed by atoms with Crippen molar-refractivity contribution in [2.45, 2.75) is 37.7 Å². The van der Waals surface area contributed by atoms with E-state index in [0.29, 0.717) is 6.61 Å². The van der Waals surface area contributed by atoms with Gasteiger partial charge in [0.1, 0.15) is 5.82 Å². The van der Waals surface area contributed by atoms with E-state index in [2.05, 4.69) is 4.72 Å². The van der Waals surface area contributed by atoms with Crippen LogP contribution >= 0.6 is 0 Å². The summed E-state index contributed by atoms with van der Waals surface area (Å²) in [5.74, 6) is -0.469. The highest BCUT2D eigenvalue weighted by Gasteiger charge is 2.28. The molecule has 0 spiro atoms. The van der Waals surface area contributed by atoms with Gasteiger partial charge in [-0.3, -0.25) is 0 Å². The molecule has 0 aromatic heterocycles. The van der Waals surface area contributed by atoms with Crippen LogP contribution in [0, 0.1) is 18.7 Å². The van der Waals surface area contributed by atoms with E-state index in [0.717, 1.165) is 18.9 Å². The number of benzene rings is 1. The minimum atomic E-state index is -3.77. The van der Waals surface area contributed by atoms with E-state index < -0.39 is 15.8 Å². The predicted molar refractivity (Wildman–Crippen MR) is 78.9 cm³/mol. The molecule has 1 saturated heterocycles. The van der Waals surface area contributed by atoms with Crippen molar-refractivity contribution >= 4 is 15.7 Å². The molecule has 0 bridgehead atoms. The number of nitrogens with one attached hydrogen (secondary N) is 1. The second-order valence-electron chi connectivity index (χ2n) is 5.34. The van der Waals surface area contributed by atoms with Crippen molar-refractivity contribution in [2.75, 3.05) is 18.9 Å². The van der Waals surface area contributed by atoms with E-state index in [4.69, 9.17) is 10.5 Å². The van der Waals surface area contributed by atoms with Crippen molar-refractivity contribution in [2.24, 2.45) is 5.92 Å². The van der Waals surface area contributed by atoms with E-state index in [1.165, 1.54) is 13.0 Å². The number of sulfonamides is 1. The summed E-state index contributed by atoms with van der Waals surface area (Å²) in [6, 6.07) is 2.28. The zero-order valence-electron chi connectivity index (χ0n) is 12.2. The van der Waals surface area contributed by atoms with Gasteiger partial charge in [-0.2, -0.15) is 0 Å². The number of anilines is 1. The fourth-order valence-corrected chi connectivity index (χ4v) is 3.65. The summed E-state index contributed by atoms with van der Waals surface area (Å²) < 4.78 is 46.1. The molecule has 1 aliphatic heterocycles. The molecule has 1 heterocycles. The van der Waals surface area contributed by atoms with E-state index in [1.807, 2.05) is 6.92 Å². The fraction of sp³-hybridized carbons (Fsp3) is 0.571. The number of nitrogen functional groups attached to an aromatic ring is 1. The van der Waals surface area contributed by atoms with Gasteiger partial charge in [-0.15, -0.1) is 0 Å². The highest BCUT2D eigenvalue weighted by Crippen LogP contribution is 2.24. The molecule has 7 heteroatoms. The third-order valence-corrected chi connectivity index (χ3v) is 5.36. The van der Waals surface area contributed by atoms with Crippen molar-refractivity contribution in [3.63, 3.8) is 0 Å². The van der Waals surface area contributed by atoms with Crippen molar-refractivity contribution in [3.05, 3.63) is 23.5 Å². The molecule has 0 radical (unpaired) electrons. The van der Waals surface area contributed by atoms with Gasteiger partial charge in [0.05, 0.1) is 11.0 Å². The van der Waals surface area contributed by atoms with Crippen molar-refractivity contribution < 1.29 is 17.5 Å². The molecule has 0 amide bonds. The Labute approximate surface area is 124 Å². The maximum Gasteiger partial charge on any atom is 0.240 e. The summed E-state index contributed by atoms with van der Waals surface area (Å²) in [7, 11) is -3.77. The Kier molecular flexibility index (Phi) is 4.85. The molecule has 0 aliphatic carbocycles. The second kappa shape index (κ2) is 6.29. The first kappa shape index (κ1) is 16.2. The summed E-state index contributed by atoms with van der Waals surface area (Å²) in [5, 5.41) is 0. The van der Waals surface area contributed by atoms with Crippen LogP contribution in [0.2, 0.25) is 0 Å². The zero-order chi connectivity index (χ0) is 15.6. The summed E-state index contributed by atoms with van der Waals surface area (Å²) in [5.41, 5.74) is 6.01. The van der Waals surface area contributed by atoms with Gasteiger partial charge in [0.15, 0.2) is 0 Å². The summed E-state index contributed by atoms with van der Waals surface area (Å²) >= 11 is 0. The topological polar surface area (TPSA) is 81.4 Å². The van der Waals surface area contributed by atoms with Crippen LogP contribution in [0.4, 0.5) is 10.1 Å². The van der Waals surface area contributed by atoms with E-state index in [1.54, 1.807) is 0 Å². The van der Waals surface area contributed by atoms with Gasteiger partial charge >= 0.3 is 0 Å². The normalized spacial score (nSPS) is 22.6. The Morgan fingerprint density at radius 2 is 2.19 bits per heavy atom. The third kappa shape index (κ3) is 3.53. The monoisotopic (exact) mass is 316 g/mol. The smallest absolute Gasteiger partial charge is 0.240 e. The summed E-state index contributed by atoms with van der Waals surface area (Å²) in [6.07, 6.45) is 1.75. The number of rotatable bonds is 5. The molecule has 1 aromatic rings. The molecular formula is C14H21FN2O3S. The Morgan fingerprint density at radius 1 is 1.48 bits per heavy atom. The van der Waals surface area contributed by atoms with Gasteiger partial charge < -0.3 is 10.5 Å². The highest BCUT2D eigenvalue weighted by atomic mass is 32.2. The van der Waals surface area contributed by atoms with Crippen molar-refractivity contribution in [1.29, 1.82) is 0 Å². The van der Waals surface area contributed by atoms with E-state index in [-0.39, 0.29) is 34.7 Å². The Balaban J connectivity index is 2.12. The minimum Gasteiger partial charge on any atom is -0.398 e. The Bertz CT molecular complexity index is 596. The average molecular weight is 316 g/mol. The fourth-order valence-electron chi connectivity index (χ4n) is 2.51. The molecule has 1 aliphatic rings. The number of hydrogen-bond acceptors (Lipinski definition) is 4. The first-order chi connectivity index (χ1) is 9.85. The number of nitrogens with two attached hydrogens (primary N) is 1. The predicted octanol–water partition coefficient (Wildman–Crippen LogP) is 1.81. The first-order valence-corrected chi connectivity index (χ1v) is 8.50. The molecule has 5 nitrogen and oxygen atoms in total. The lowest BCUT2D eigenvalue weighted by Gasteiger charge is -2.17. The molecule has 1 aromatic carbocycles. The van der Waals surface area contributed by atoms with Crippen LogP contribution < -0.4 is 10.5 Å². The van der Waals surface area contributed by atoms with Gasteiger partial charge in [0.25, 0.3) is 0 Å². The van der Waals surface area contributed by atoms with Crippen molar-refractivity contribution in [3.8, 4) is 0 Å². The van der Waals surface area contributed by atoms with Crippen LogP contribution in [0.3, 0.4) is 0 Å². The van der Waals surface area contributed by atoms with Gasteiger partial charge in [-0.1, -0.05) is 6.92 Å². The zero-order valence-corrected chi connectivity index (χ0v) is 13.0. The van der Waals surface area contributed by atoms with Gasteiger partial charge in [0, 0.05) is 30.3 Å². The molecule has 21 heavy (non-hydrogen) atoms. The maximum atomic E-state index is 13.6. The largest absolute Gasteiger partial charge is 0.398 e. The molecule has 118 valence electrons. The van der Waals surface area contributed by atoms with Crippen LogP contribution in [0.5, 0.6) is 0 Å². The molecule has 2 rings (SSSR count). The molecule has 2 atom stereocenters. The number of hydrogen-bond donors (Lipinski definition) is 2. The van der Waals surface area contributed by atoms with E-state index >= 15 is 0 Å². The van der Waals surface area contributed by atoms with Gasteiger partial charge in [-0.05, 0) is 31.9 Å². The first-order valence-electron chi connectivity index (χ1n) is 7.02. The standard InChI is InChI=1S/C14H21FN2O3S/c1-3-14-10(4-5-20-14)8-17-21(18,19)11-6-12(15)9(2)13(16)7-11/h6-7,10,14,17H,3-5,8,16H2,1-2H3. The molecule has 2 unspecified atom stereocenters. The van der Waals surface area contributed by atoms with Gasteiger partial charge in [0.2, 0.25) is 10.0 Å². The Morgan fingerprint density at radius 3 is 2.81 bits per heavy atom. The third-order valence-electron chi connectivity index (χ3n) is 3.95. The molecule has 1 fully saturated rings. The van der Waals surface area contributed by atoms with Crippen LogP contribution in [0.15, 0.2) is 17.0 Å². The lowest BCUT2D eigenvalue weighted by molar-refractivity contribution is 0.0884. The average Bonchev–Trinajstić information content (AvgIpc) is 2.89. The SMILES string of the molecule is CCC1OCCC1CNS(=O)(=O)c1cc(N)c(C)c(F)c1. The second-order valence-corrected chi connectivity index (χ2v) is 7.10. The van der Waals surface area contributed by atoms with Gasteiger partial charge in [-0.25, -0.2) is 17.5 Å². The molecule has 3 N–H and O–H groups in total. The minimum absolute atomic E-state index is 0.0764. The molecule has 0 saturated carbocycles. The van der Waals surface area contributed by atoms with Crippen LogP contribution in [0.1, 0.15) is 25.3 Å². The quantitative estimate of drug-likeness (QED) is 0.812. The lowest BCUT2D eigenvalue weighted by Crippen LogP contribution is -2.32. The van der Waals surface area contributed by atoms with E-state index in [9.17, 15) is 12.8 Å². The van der Waals surface area contributed by atoms with Crippen LogP contribution in [0.25, 0.3) is 0 Å². The maximum absolute atomic E-state index is 13.6. The number of halogens is 1. The number of ether oxygens (including phenoxy) is 1. The highest BCUT2D eigenvalue weighted by molar-refractivity contribution is 7.89. The summed E-state index contributed by atoms with van der Waals surface area (Å²) in [4.78, 5) is -0.143. The van der Waals surface area contributed by atoms with Crippen LogP contribution in [-0.4, -0.2) is 27.7 Å². The Hall–Kier alpha value is -1.18. The van der Waals surface area contributed by atoms with Crippen LogP contribution in [-0.2, 0) is 14.8 Å².